The van der Waals surface area contributed by atoms with Crippen molar-refractivity contribution < 1.29 is 33.5 Å². The molecule has 1 aliphatic heterocycles. The van der Waals surface area contributed by atoms with E-state index in [-0.39, 0.29) is 47.4 Å². The van der Waals surface area contributed by atoms with E-state index in [1.165, 1.54) is 30.3 Å². The molecule has 0 radical (unpaired) electrons. The number of ether oxygens (including phenoxy) is 3. The molecule has 0 aromatic heterocycles. The molecule has 3 aromatic carbocycles. The highest BCUT2D eigenvalue weighted by Crippen LogP contribution is 2.35. The average Bonchev–Trinajstić information content (AvgIpc) is 3.18. The minimum absolute atomic E-state index is 0.0506. The van der Waals surface area contributed by atoms with Gasteiger partial charge in [0.1, 0.15) is 12.4 Å². The Balaban J connectivity index is 1.44. The van der Waals surface area contributed by atoms with E-state index in [9.17, 15) is 24.5 Å². The predicted molar refractivity (Wildman–Crippen MR) is 145 cm³/mol. The largest absolute Gasteiger partial charge is 0.490 e. The van der Waals surface area contributed by atoms with Crippen molar-refractivity contribution in [2.24, 2.45) is 0 Å². The molecule has 39 heavy (non-hydrogen) atoms. The smallest absolute Gasteiger partial charge is 0.343 e. The van der Waals surface area contributed by atoms with E-state index < -0.39 is 22.0 Å². The van der Waals surface area contributed by atoms with Crippen LogP contribution < -0.4 is 14.2 Å². The number of nitro groups is 1. The standard InChI is InChI=1S/C27H21ClN2O8S/c1-2-36-23-15-17(7-12-22(23)38-26(32)18-8-10-19(11-9-18)30(34)35)16-24-25(31)29(27(33)39-24)13-14-37-21-6-4-3-5-20(21)28/h3-12,15-16H,2,13-14H2,1H3/b24-16-. The lowest BCUT2D eigenvalue weighted by Gasteiger charge is -2.14. The van der Waals surface area contributed by atoms with Crippen molar-refractivity contribution in [3.63, 3.8) is 0 Å². The predicted octanol–water partition coefficient (Wildman–Crippen LogP) is 5.98. The number of nitro benzene ring substituents is 1. The van der Waals surface area contributed by atoms with Gasteiger partial charge in [0.25, 0.3) is 16.8 Å². The molecular weight excluding hydrogens is 548 g/mol. The van der Waals surface area contributed by atoms with Gasteiger partial charge in [-0.3, -0.25) is 24.6 Å². The van der Waals surface area contributed by atoms with Crippen LogP contribution in [0.4, 0.5) is 10.5 Å². The molecule has 1 aliphatic rings. The van der Waals surface area contributed by atoms with Gasteiger partial charge in [-0.1, -0.05) is 29.8 Å². The van der Waals surface area contributed by atoms with Crippen LogP contribution in [0.3, 0.4) is 0 Å². The quantitative estimate of drug-likeness (QED) is 0.0954. The third-order valence-electron chi connectivity index (χ3n) is 5.36. The topological polar surface area (TPSA) is 125 Å². The summed E-state index contributed by atoms with van der Waals surface area (Å²) >= 11 is 6.87. The van der Waals surface area contributed by atoms with Gasteiger partial charge in [-0.15, -0.1) is 0 Å². The second-order valence-corrected chi connectivity index (χ2v) is 9.35. The third kappa shape index (κ3) is 6.75. The van der Waals surface area contributed by atoms with Crippen LogP contribution >= 0.6 is 23.4 Å². The molecule has 0 aliphatic carbocycles. The number of non-ortho nitro benzene ring substituents is 1. The summed E-state index contributed by atoms with van der Waals surface area (Å²) in [6.45, 7) is 2.16. The fourth-order valence-electron chi connectivity index (χ4n) is 3.50. The van der Waals surface area contributed by atoms with Crippen LogP contribution in [0.15, 0.2) is 71.6 Å². The SMILES string of the molecule is CCOc1cc(/C=C2\SC(=O)N(CCOc3ccccc3Cl)C2=O)ccc1OC(=O)c1ccc([N+](=O)[O-])cc1. The van der Waals surface area contributed by atoms with Gasteiger partial charge in [-0.25, -0.2) is 4.79 Å². The van der Waals surface area contributed by atoms with E-state index >= 15 is 0 Å². The van der Waals surface area contributed by atoms with Crippen LogP contribution in [0.1, 0.15) is 22.8 Å². The van der Waals surface area contributed by atoms with E-state index in [2.05, 4.69) is 0 Å². The van der Waals surface area contributed by atoms with Crippen molar-refractivity contribution in [2.45, 2.75) is 6.92 Å². The van der Waals surface area contributed by atoms with Crippen LogP contribution in [0.25, 0.3) is 6.08 Å². The van der Waals surface area contributed by atoms with Gasteiger partial charge in [0.15, 0.2) is 11.5 Å². The Bertz CT molecular complexity index is 1460. The second-order valence-electron chi connectivity index (χ2n) is 7.94. The van der Waals surface area contributed by atoms with Crippen molar-refractivity contribution in [3.8, 4) is 17.2 Å². The molecule has 1 fully saturated rings. The summed E-state index contributed by atoms with van der Waals surface area (Å²) in [4.78, 5) is 49.5. The number of esters is 1. The molecule has 0 bridgehead atoms. The highest BCUT2D eigenvalue weighted by atomic mass is 35.5. The van der Waals surface area contributed by atoms with Crippen LogP contribution in [0.2, 0.25) is 5.02 Å². The van der Waals surface area contributed by atoms with Crippen LogP contribution in [-0.4, -0.2) is 46.7 Å². The molecule has 0 saturated carbocycles. The number of halogens is 1. The van der Waals surface area contributed by atoms with Crippen LogP contribution in [0, 0.1) is 10.1 Å². The first kappa shape index (κ1) is 27.7. The Kier molecular flexibility index (Phi) is 8.84. The van der Waals surface area contributed by atoms with Crippen molar-refractivity contribution in [2.75, 3.05) is 19.8 Å². The Morgan fingerprint density at radius 1 is 1.03 bits per heavy atom. The maximum absolute atomic E-state index is 12.9. The first-order valence-electron chi connectivity index (χ1n) is 11.6. The number of hydrogen-bond donors (Lipinski definition) is 0. The van der Waals surface area contributed by atoms with Crippen molar-refractivity contribution in [1.29, 1.82) is 0 Å². The number of amides is 2. The fourth-order valence-corrected chi connectivity index (χ4v) is 4.55. The molecule has 10 nitrogen and oxygen atoms in total. The number of carbonyl (C=O) groups is 3. The molecule has 0 spiro atoms. The molecular formula is C27H21ClN2O8S. The van der Waals surface area contributed by atoms with Crippen LogP contribution in [0.5, 0.6) is 17.2 Å². The highest BCUT2D eigenvalue weighted by Gasteiger charge is 2.35. The number of carbonyl (C=O) groups excluding carboxylic acids is 3. The number of para-hydroxylation sites is 1. The molecule has 2 amide bonds. The summed E-state index contributed by atoms with van der Waals surface area (Å²) in [5.41, 5.74) is 0.522. The molecule has 4 rings (SSSR count). The van der Waals surface area contributed by atoms with E-state index in [1.54, 1.807) is 49.4 Å². The van der Waals surface area contributed by atoms with Gasteiger partial charge < -0.3 is 14.2 Å². The monoisotopic (exact) mass is 568 g/mol. The van der Waals surface area contributed by atoms with Gasteiger partial charge in [0.05, 0.1) is 33.6 Å². The zero-order chi connectivity index (χ0) is 27.9. The number of benzene rings is 3. The number of rotatable bonds is 10. The number of nitrogens with zero attached hydrogens (tertiary/aromatic N) is 2. The van der Waals surface area contributed by atoms with E-state index in [1.807, 2.05) is 0 Å². The fraction of sp³-hybridized carbons (Fsp3) is 0.148. The molecule has 12 heteroatoms. The van der Waals surface area contributed by atoms with Gasteiger partial charge in [0.2, 0.25) is 0 Å². The zero-order valence-corrected chi connectivity index (χ0v) is 22.1. The molecule has 1 saturated heterocycles. The Morgan fingerprint density at radius 2 is 1.77 bits per heavy atom. The molecule has 0 N–H and O–H groups in total. The number of thioether (sulfide) groups is 1. The van der Waals surface area contributed by atoms with Gasteiger partial charge in [-0.05, 0) is 66.7 Å². The highest BCUT2D eigenvalue weighted by molar-refractivity contribution is 8.18. The molecule has 0 atom stereocenters. The van der Waals surface area contributed by atoms with E-state index in [0.717, 1.165) is 16.7 Å². The van der Waals surface area contributed by atoms with Gasteiger partial charge in [0, 0.05) is 12.1 Å². The molecule has 1 heterocycles. The van der Waals surface area contributed by atoms with Crippen molar-refractivity contribution >= 4 is 52.2 Å². The van der Waals surface area contributed by atoms with E-state index in [4.69, 9.17) is 25.8 Å². The number of hydrogen-bond acceptors (Lipinski definition) is 9. The molecule has 200 valence electrons. The molecule has 3 aromatic rings. The first-order valence-corrected chi connectivity index (χ1v) is 12.8. The third-order valence-corrected chi connectivity index (χ3v) is 6.58. The Hall–Kier alpha value is -4.35. The normalized spacial score (nSPS) is 14.0. The maximum atomic E-state index is 12.9. The maximum Gasteiger partial charge on any atom is 0.343 e. The Morgan fingerprint density at radius 3 is 2.46 bits per heavy atom. The van der Waals surface area contributed by atoms with Crippen LogP contribution in [-0.2, 0) is 4.79 Å². The minimum atomic E-state index is -0.723. The minimum Gasteiger partial charge on any atom is -0.490 e. The first-order chi connectivity index (χ1) is 18.8. The van der Waals surface area contributed by atoms with Gasteiger partial charge in [-0.2, -0.15) is 0 Å². The summed E-state index contributed by atoms with van der Waals surface area (Å²) in [5.74, 6) is -0.353. The van der Waals surface area contributed by atoms with Crippen molar-refractivity contribution in [3.05, 3.63) is 97.9 Å². The summed E-state index contributed by atoms with van der Waals surface area (Å²) in [6.07, 6.45) is 1.55. The lowest BCUT2D eigenvalue weighted by Crippen LogP contribution is -2.32. The summed E-state index contributed by atoms with van der Waals surface area (Å²) in [7, 11) is 0. The average molecular weight is 569 g/mol. The zero-order valence-electron chi connectivity index (χ0n) is 20.5. The summed E-state index contributed by atoms with van der Waals surface area (Å²) < 4.78 is 16.6. The van der Waals surface area contributed by atoms with Crippen molar-refractivity contribution in [1.82, 2.24) is 4.90 Å². The summed E-state index contributed by atoms with van der Waals surface area (Å²) in [6, 6.07) is 16.6. The number of imide groups is 1. The van der Waals surface area contributed by atoms with Gasteiger partial charge >= 0.3 is 5.97 Å². The summed E-state index contributed by atoms with van der Waals surface area (Å²) in [5, 5.41) is 10.8. The molecule has 0 unspecified atom stereocenters. The Labute approximate surface area is 232 Å². The lowest BCUT2D eigenvalue weighted by molar-refractivity contribution is -0.384. The lowest BCUT2D eigenvalue weighted by atomic mass is 10.1. The van der Waals surface area contributed by atoms with E-state index in [0.29, 0.717) is 16.3 Å². The second kappa shape index (κ2) is 12.5.